The van der Waals surface area contributed by atoms with E-state index < -0.39 is 15.4 Å². The lowest BCUT2D eigenvalue weighted by Crippen LogP contribution is -2.44. The summed E-state index contributed by atoms with van der Waals surface area (Å²) in [4.78, 5) is 0.213. The van der Waals surface area contributed by atoms with Crippen LogP contribution in [0.25, 0.3) is 0 Å². The second kappa shape index (κ2) is 8.19. The minimum atomic E-state index is -3.70. The third-order valence-corrected chi connectivity index (χ3v) is 6.84. The van der Waals surface area contributed by atoms with Gasteiger partial charge in [-0.1, -0.05) is 12.1 Å². The fraction of sp³-hybridized carbons (Fsp3) is 0.429. The van der Waals surface area contributed by atoms with E-state index in [0.29, 0.717) is 31.8 Å². The van der Waals surface area contributed by atoms with Crippen LogP contribution in [0.1, 0.15) is 29.5 Å². The van der Waals surface area contributed by atoms with E-state index in [1.807, 2.05) is 13.8 Å². The molecule has 0 aliphatic carbocycles. The average molecular weight is 408 g/mol. The number of nitrogens with one attached hydrogen (secondary N) is 1. The van der Waals surface area contributed by atoms with Gasteiger partial charge in [0.1, 0.15) is 11.6 Å². The quantitative estimate of drug-likeness (QED) is 0.796. The van der Waals surface area contributed by atoms with Crippen molar-refractivity contribution in [3.05, 3.63) is 58.9 Å². The van der Waals surface area contributed by atoms with Crippen molar-refractivity contribution >= 4 is 10.0 Å². The van der Waals surface area contributed by atoms with E-state index >= 15 is 0 Å². The Morgan fingerprint density at radius 1 is 1.11 bits per heavy atom. The van der Waals surface area contributed by atoms with Crippen molar-refractivity contribution in [3.63, 3.8) is 0 Å². The fourth-order valence-electron chi connectivity index (χ4n) is 3.84. The molecule has 28 heavy (non-hydrogen) atoms. The summed E-state index contributed by atoms with van der Waals surface area (Å²) in [5, 5.41) is 0. The molecule has 0 atom stereocenters. The van der Waals surface area contributed by atoms with Crippen molar-refractivity contribution in [2.45, 2.75) is 37.0 Å². The normalized spacial score (nSPS) is 16.7. The highest BCUT2D eigenvalue weighted by Crippen LogP contribution is 2.35. The highest BCUT2D eigenvalue weighted by molar-refractivity contribution is 7.89. The zero-order chi connectivity index (χ0) is 20.4. The molecule has 1 saturated heterocycles. The van der Waals surface area contributed by atoms with Crippen LogP contribution in [-0.4, -0.2) is 35.3 Å². The van der Waals surface area contributed by atoms with Crippen molar-refractivity contribution in [2.75, 3.05) is 26.9 Å². The number of sulfonamides is 1. The third kappa shape index (κ3) is 4.21. The highest BCUT2D eigenvalue weighted by Gasteiger charge is 2.36. The van der Waals surface area contributed by atoms with Crippen LogP contribution in [0.3, 0.4) is 0 Å². The first-order valence-corrected chi connectivity index (χ1v) is 10.7. The first-order chi connectivity index (χ1) is 13.3. The van der Waals surface area contributed by atoms with Crippen molar-refractivity contribution in [1.29, 1.82) is 0 Å². The van der Waals surface area contributed by atoms with E-state index in [0.717, 1.165) is 16.7 Å². The Hall–Kier alpha value is -1.96. The number of benzene rings is 2. The molecule has 0 radical (unpaired) electrons. The molecule has 1 aliphatic rings. The van der Waals surface area contributed by atoms with Gasteiger partial charge in [0.05, 0.1) is 12.0 Å². The maximum atomic E-state index is 13.4. The van der Waals surface area contributed by atoms with Gasteiger partial charge in [0, 0.05) is 25.2 Å². The fourth-order valence-corrected chi connectivity index (χ4v) is 5.13. The molecule has 5 nitrogen and oxygen atoms in total. The molecule has 3 rings (SSSR count). The first-order valence-electron chi connectivity index (χ1n) is 9.26. The van der Waals surface area contributed by atoms with Crippen LogP contribution in [0, 0.1) is 19.7 Å². The lowest BCUT2D eigenvalue weighted by molar-refractivity contribution is 0.0517. The predicted molar refractivity (Wildman–Crippen MR) is 106 cm³/mol. The second-order valence-electron chi connectivity index (χ2n) is 7.31. The molecule has 1 N–H and O–H groups in total. The van der Waals surface area contributed by atoms with Gasteiger partial charge in [-0.2, -0.15) is 0 Å². The second-order valence-corrected chi connectivity index (χ2v) is 9.08. The van der Waals surface area contributed by atoms with Crippen LogP contribution < -0.4 is 9.46 Å². The van der Waals surface area contributed by atoms with Gasteiger partial charge in [0.15, 0.2) is 0 Å². The van der Waals surface area contributed by atoms with Gasteiger partial charge < -0.3 is 9.47 Å². The molecule has 152 valence electrons. The largest absolute Gasteiger partial charge is 0.496 e. The molecule has 0 saturated carbocycles. The number of hydrogen-bond acceptors (Lipinski definition) is 4. The smallest absolute Gasteiger partial charge is 0.240 e. The van der Waals surface area contributed by atoms with E-state index in [1.165, 1.54) is 12.1 Å². The van der Waals surface area contributed by atoms with Gasteiger partial charge in [-0.15, -0.1) is 0 Å². The van der Waals surface area contributed by atoms with Gasteiger partial charge >= 0.3 is 0 Å². The van der Waals surface area contributed by atoms with E-state index in [1.54, 1.807) is 31.4 Å². The molecule has 0 unspecified atom stereocenters. The highest BCUT2D eigenvalue weighted by atomic mass is 32.2. The number of hydrogen-bond donors (Lipinski definition) is 1. The van der Waals surface area contributed by atoms with Crippen LogP contribution in [-0.2, 0) is 20.2 Å². The summed E-state index contributed by atoms with van der Waals surface area (Å²) < 4.78 is 52.9. The summed E-state index contributed by atoms with van der Waals surface area (Å²) >= 11 is 0. The van der Waals surface area contributed by atoms with Crippen LogP contribution in [0.5, 0.6) is 5.75 Å². The Balaban J connectivity index is 1.87. The molecule has 7 heteroatoms. The number of halogens is 1. The molecule has 1 fully saturated rings. The van der Waals surface area contributed by atoms with E-state index in [4.69, 9.17) is 9.47 Å². The van der Waals surface area contributed by atoms with Gasteiger partial charge in [0.2, 0.25) is 10.0 Å². The van der Waals surface area contributed by atoms with Crippen LogP contribution in [0.15, 0.2) is 41.3 Å². The summed E-state index contributed by atoms with van der Waals surface area (Å²) in [5.41, 5.74) is 2.03. The van der Waals surface area contributed by atoms with Crippen LogP contribution in [0.4, 0.5) is 4.39 Å². The number of methoxy groups -OCH3 is 1. The third-order valence-electron chi connectivity index (χ3n) is 5.46. The summed E-state index contributed by atoms with van der Waals surface area (Å²) in [6.07, 6.45) is 1.34. The average Bonchev–Trinajstić information content (AvgIpc) is 2.67. The zero-order valence-electron chi connectivity index (χ0n) is 16.4. The Bertz CT molecular complexity index is 912. The molecular weight excluding hydrogens is 381 g/mol. The summed E-state index contributed by atoms with van der Waals surface area (Å²) in [5.74, 6) is 0.377. The molecule has 2 aromatic carbocycles. The van der Waals surface area contributed by atoms with Gasteiger partial charge in [-0.3, -0.25) is 0 Å². The number of rotatable bonds is 6. The van der Waals surface area contributed by atoms with Crippen molar-refractivity contribution in [2.24, 2.45) is 0 Å². The number of ether oxygens (including phenoxy) is 2. The van der Waals surface area contributed by atoms with E-state index in [9.17, 15) is 12.8 Å². The Morgan fingerprint density at radius 3 is 2.21 bits per heavy atom. The standard InChI is InChI=1S/C21H26FNO4S/c1-15-12-19(13-16(2)20(15)26-3)28(24,25)23-14-21(8-10-27-11-9-21)17-4-6-18(22)7-5-17/h4-7,12-13,23H,8-11,14H2,1-3H3. The van der Waals surface area contributed by atoms with E-state index in [-0.39, 0.29) is 17.3 Å². The van der Waals surface area contributed by atoms with Crippen molar-refractivity contribution in [1.82, 2.24) is 4.72 Å². The molecule has 0 aromatic heterocycles. The van der Waals surface area contributed by atoms with Gasteiger partial charge in [0.25, 0.3) is 0 Å². The molecular formula is C21H26FNO4S. The molecule has 2 aromatic rings. The maximum Gasteiger partial charge on any atom is 0.240 e. The van der Waals surface area contributed by atoms with Gasteiger partial charge in [-0.05, 0) is 67.6 Å². The molecule has 1 aliphatic heterocycles. The first kappa shape index (κ1) is 20.8. The lowest BCUT2D eigenvalue weighted by atomic mass is 9.74. The SMILES string of the molecule is COc1c(C)cc(S(=O)(=O)NCC2(c3ccc(F)cc3)CCOCC2)cc1C. The zero-order valence-corrected chi connectivity index (χ0v) is 17.2. The summed E-state index contributed by atoms with van der Waals surface area (Å²) in [6, 6.07) is 9.52. The van der Waals surface area contributed by atoms with Gasteiger partial charge in [-0.25, -0.2) is 17.5 Å². The number of aryl methyl sites for hydroxylation is 2. The Morgan fingerprint density at radius 2 is 1.68 bits per heavy atom. The minimum Gasteiger partial charge on any atom is -0.496 e. The monoisotopic (exact) mass is 407 g/mol. The summed E-state index contributed by atoms with van der Waals surface area (Å²) in [6.45, 7) is 4.96. The molecule has 1 heterocycles. The molecule has 0 amide bonds. The minimum absolute atomic E-state index is 0.213. The van der Waals surface area contributed by atoms with Crippen LogP contribution in [0.2, 0.25) is 0 Å². The molecule has 0 spiro atoms. The predicted octanol–water partition coefficient (Wildman–Crippen LogP) is 3.48. The van der Waals surface area contributed by atoms with Crippen molar-refractivity contribution in [3.8, 4) is 5.75 Å². The summed E-state index contributed by atoms with van der Waals surface area (Å²) in [7, 11) is -2.14. The topological polar surface area (TPSA) is 64.6 Å². The van der Waals surface area contributed by atoms with E-state index in [2.05, 4.69) is 4.72 Å². The molecule has 0 bridgehead atoms. The lowest BCUT2D eigenvalue weighted by Gasteiger charge is -2.38. The maximum absolute atomic E-state index is 13.4. The Kier molecular flexibility index (Phi) is 6.07. The van der Waals surface area contributed by atoms with Crippen LogP contribution >= 0.6 is 0 Å². The van der Waals surface area contributed by atoms with Crippen molar-refractivity contribution < 1.29 is 22.3 Å². The Labute approximate surface area is 165 Å².